The summed E-state index contributed by atoms with van der Waals surface area (Å²) in [6, 6.07) is 0. The summed E-state index contributed by atoms with van der Waals surface area (Å²) < 4.78 is -0.554. The Morgan fingerprint density at radius 2 is 2.11 bits per heavy atom. The molecule has 0 aliphatic carbocycles. The predicted molar refractivity (Wildman–Crippen MR) is 49.2 cm³/mol. The van der Waals surface area contributed by atoms with Crippen LogP contribution in [0.1, 0.15) is 0 Å². The summed E-state index contributed by atoms with van der Waals surface area (Å²) in [4.78, 5) is 0. The first kappa shape index (κ1) is 9.53. The van der Waals surface area contributed by atoms with Gasteiger partial charge in [-0.2, -0.15) is 0 Å². The van der Waals surface area contributed by atoms with E-state index in [-0.39, 0.29) is 17.0 Å². The Morgan fingerprint density at radius 1 is 1.44 bits per heavy atom. The molecule has 0 aromatic heterocycles. The molecule has 0 amide bonds. The zero-order valence-electron chi connectivity index (χ0n) is 4.47. The van der Waals surface area contributed by atoms with Crippen molar-refractivity contribution >= 4 is 44.5 Å². The van der Waals surface area contributed by atoms with Crippen LogP contribution in [0.5, 0.6) is 0 Å². The zero-order chi connectivity index (χ0) is 6.04. The van der Waals surface area contributed by atoms with Crippen molar-refractivity contribution in [2.24, 2.45) is 0 Å². The van der Waals surface area contributed by atoms with Gasteiger partial charge in [0.2, 0.25) is 0 Å². The van der Waals surface area contributed by atoms with Crippen LogP contribution in [0.2, 0.25) is 0 Å². The van der Waals surface area contributed by atoms with Crippen LogP contribution in [0.3, 0.4) is 0 Å². The molecular weight excluding hydrogens is 269 g/mol. The molecule has 0 aromatic rings. The highest BCUT2D eigenvalue weighted by Gasteiger charge is 2.16. The van der Waals surface area contributed by atoms with Crippen LogP contribution in [0.4, 0.5) is 0 Å². The lowest BCUT2D eigenvalue weighted by molar-refractivity contribution is 0.859. The van der Waals surface area contributed by atoms with Gasteiger partial charge in [0.15, 0.2) is 3.91 Å². The number of nitrogens with one attached hydrogen (secondary N) is 1. The molecule has 0 saturated carbocycles. The van der Waals surface area contributed by atoms with Gasteiger partial charge in [0.25, 0.3) is 0 Å². The van der Waals surface area contributed by atoms with E-state index in [0.29, 0.717) is 0 Å². The fourth-order valence-electron chi connectivity index (χ4n) is 0.439. The van der Waals surface area contributed by atoms with Crippen molar-refractivity contribution in [1.29, 1.82) is 0 Å². The van der Waals surface area contributed by atoms with Gasteiger partial charge in [0.1, 0.15) is 0 Å². The van der Waals surface area contributed by atoms with Crippen molar-refractivity contribution in [3.63, 3.8) is 0 Å². The molecule has 1 aliphatic rings. The first-order valence-corrected chi connectivity index (χ1v) is 3.38. The smallest absolute Gasteiger partial charge is 0.187 e. The summed E-state index contributed by atoms with van der Waals surface area (Å²) >= 11 is 8.95. The van der Waals surface area contributed by atoms with Crippen molar-refractivity contribution in [3.05, 3.63) is 24.4 Å². The molecule has 0 fully saturated rings. The third-order valence-electron chi connectivity index (χ3n) is 0.789. The van der Waals surface area contributed by atoms with Gasteiger partial charge in [-0.05, 0) is 34.3 Å². The Labute approximate surface area is 78.0 Å². The van der Waals surface area contributed by atoms with Crippen LogP contribution < -0.4 is 5.32 Å². The molecule has 0 saturated heterocycles. The van der Waals surface area contributed by atoms with Crippen molar-refractivity contribution < 1.29 is 0 Å². The maximum atomic E-state index is 5.74. The summed E-state index contributed by atoms with van der Waals surface area (Å²) in [5.74, 6) is 0. The van der Waals surface area contributed by atoms with Gasteiger partial charge >= 0.3 is 0 Å². The van der Waals surface area contributed by atoms with E-state index in [1.807, 2.05) is 18.2 Å². The van der Waals surface area contributed by atoms with Crippen molar-refractivity contribution in [1.82, 2.24) is 5.32 Å². The average molecular weight is 275 g/mol. The van der Waals surface area contributed by atoms with Crippen LogP contribution in [-0.2, 0) is 0 Å². The molecule has 1 aliphatic heterocycles. The van der Waals surface area contributed by atoms with Gasteiger partial charge in [-0.25, -0.2) is 0 Å². The summed E-state index contributed by atoms with van der Waals surface area (Å²) in [5.41, 5.74) is 0. The Bertz CT molecular complexity index is 142. The number of allylic oxidation sites excluding steroid dienone is 2. The first-order chi connectivity index (χ1) is 3.71. The molecule has 0 spiro atoms. The number of alkyl halides is 2. The molecule has 1 N–H and O–H groups in total. The summed E-state index contributed by atoms with van der Waals surface area (Å²) in [7, 11) is 0. The molecule has 0 bridgehead atoms. The van der Waals surface area contributed by atoms with E-state index < -0.39 is 3.91 Å². The highest BCUT2D eigenvalue weighted by Crippen LogP contribution is 2.22. The number of halogens is 3. The quantitative estimate of drug-likeness (QED) is 0.529. The second-order valence-electron chi connectivity index (χ2n) is 1.49. The van der Waals surface area contributed by atoms with Crippen LogP contribution >= 0.6 is 44.5 Å². The van der Waals surface area contributed by atoms with E-state index in [1.54, 1.807) is 6.20 Å². The maximum absolute atomic E-state index is 5.74. The standard InChI is InChI=1S/C5H5BrClN.BrH/c6-5(7)3-1-2-4-8-5;/h1-4,8H;1H. The Hall–Kier alpha value is 0.530. The molecule has 0 radical (unpaired) electrons. The third kappa shape index (κ3) is 3.28. The highest BCUT2D eigenvalue weighted by molar-refractivity contribution is 9.10. The van der Waals surface area contributed by atoms with E-state index in [4.69, 9.17) is 11.6 Å². The second-order valence-corrected chi connectivity index (χ2v) is 3.79. The maximum Gasteiger partial charge on any atom is 0.187 e. The van der Waals surface area contributed by atoms with Gasteiger partial charge in [-0.3, -0.25) is 0 Å². The second kappa shape index (κ2) is 3.64. The minimum absolute atomic E-state index is 0. The zero-order valence-corrected chi connectivity index (χ0v) is 8.53. The van der Waals surface area contributed by atoms with E-state index in [9.17, 15) is 0 Å². The van der Waals surface area contributed by atoms with E-state index in [1.165, 1.54) is 0 Å². The van der Waals surface area contributed by atoms with Crippen molar-refractivity contribution in [2.45, 2.75) is 3.91 Å². The van der Waals surface area contributed by atoms with Crippen LogP contribution in [0.25, 0.3) is 0 Å². The first-order valence-electron chi connectivity index (χ1n) is 2.21. The van der Waals surface area contributed by atoms with Crippen LogP contribution in [-0.4, -0.2) is 3.91 Å². The van der Waals surface area contributed by atoms with Gasteiger partial charge < -0.3 is 5.32 Å². The molecule has 1 heterocycles. The fraction of sp³-hybridized carbons (Fsp3) is 0.200. The lowest BCUT2D eigenvalue weighted by atomic mass is 10.4. The number of rotatable bonds is 0. The summed E-state index contributed by atoms with van der Waals surface area (Å²) in [5, 5.41) is 2.87. The van der Waals surface area contributed by atoms with Gasteiger partial charge in [0, 0.05) is 0 Å². The van der Waals surface area contributed by atoms with E-state index >= 15 is 0 Å². The number of hydrogen-bond acceptors (Lipinski definition) is 1. The third-order valence-corrected chi connectivity index (χ3v) is 1.52. The Balaban J connectivity index is 0.000000640. The summed E-state index contributed by atoms with van der Waals surface area (Å²) in [6.07, 6.45) is 7.34. The minimum Gasteiger partial charge on any atom is -0.361 e. The SMILES string of the molecule is Br.ClC1(Br)C=CC=CN1. The van der Waals surface area contributed by atoms with Gasteiger partial charge in [-0.15, -0.1) is 17.0 Å². The largest absolute Gasteiger partial charge is 0.361 e. The molecule has 1 nitrogen and oxygen atoms in total. The number of hydrogen-bond donors (Lipinski definition) is 1. The van der Waals surface area contributed by atoms with Crippen LogP contribution in [0.15, 0.2) is 24.4 Å². The lowest BCUT2D eigenvalue weighted by Crippen LogP contribution is -2.27. The van der Waals surface area contributed by atoms with Crippen LogP contribution in [0, 0.1) is 0 Å². The van der Waals surface area contributed by atoms with Crippen molar-refractivity contribution in [2.75, 3.05) is 0 Å². The molecule has 1 unspecified atom stereocenters. The van der Waals surface area contributed by atoms with Crippen molar-refractivity contribution in [3.8, 4) is 0 Å². The minimum atomic E-state index is -0.554. The lowest BCUT2D eigenvalue weighted by Gasteiger charge is -2.17. The Morgan fingerprint density at radius 3 is 2.33 bits per heavy atom. The molecule has 52 valence electrons. The van der Waals surface area contributed by atoms with E-state index in [2.05, 4.69) is 21.2 Å². The molecular formula is C5H6Br2ClN. The predicted octanol–water partition coefficient (Wildman–Crippen LogP) is 2.52. The fourth-order valence-corrected chi connectivity index (χ4v) is 0.860. The summed E-state index contributed by atoms with van der Waals surface area (Å²) in [6.45, 7) is 0. The average Bonchev–Trinajstić information content (AvgIpc) is 1.65. The molecule has 1 atom stereocenters. The topological polar surface area (TPSA) is 12.0 Å². The van der Waals surface area contributed by atoms with Gasteiger partial charge in [-0.1, -0.05) is 17.7 Å². The Kier molecular flexibility index (Phi) is 3.85. The van der Waals surface area contributed by atoms with Gasteiger partial charge in [0.05, 0.1) is 0 Å². The molecule has 0 aromatic carbocycles. The molecule has 9 heavy (non-hydrogen) atoms. The molecule has 4 heteroatoms. The van der Waals surface area contributed by atoms with E-state index in [0.717, 1.165) is 0 Å². The highest BCUT2D eigenvalue weighted by atomic mass is 79.9. The molecule has 1 rings (SSSR count). The normalized spacial score (nSPS) is 30.9. The monoisotopic (exact) mass is 273 g/mol. The number of dihydropyridines is 1.